The average molecular weight is 373 g/mol. The Kier molecular flexibility index (Phi) is 9.74. The van der Waals surface area contributed by atoms with Gasteiger partial charge in [0.1, 0.15) is 21.6 Å². The molecule has 0 aromatic heterocycles. The van der Waals surface area contributed by atoms with Gasteiger partial charge in [0.25, 0.3) is 0 Å². The molecule has 6 heteroatoms. The fourth-order valence-electron chi connectivity index (χ4n) is 2.39. The summed E-state index contributed by atoms with van der Waals surface area (Å²) in [7, 11) is -4.56. The number of unbranched alkanes of at least 4 members (excludes halogenated alkanes) is 3. The summed E-state index contributed by atoms with van der Waals surface area (Å²) in [6.07, 6.45) is 5.69. The van der Waals surface area contributed by atoms with Crippen LogP contribution >= 0.6 is 0 Å². The van der Waals surface area contributed by atoms with Crippen LogP contribution in [0.25, 0.3) is 0 Å². The Morgan fingerprint density at radius 1 is 1.00 bits per heavy atom. The number of hydrogen-bond acceptors (Lipinski definition) is 4. The van der Waals surface area contributed by atoms with Crippen molar-refractivity contribution in [2.45, 2.75) is 43.9 Å². The van der Waals surface area contributed by atoms with E-state index in [9.17, 15) is 13.0 Å². The molecule has 2 aromatic carbocycles. The van der Waals surface area contributed by atoms with Crippen LogP contribution in [0.5, 0.6) is 11.5 Å². The molecule has 0 unspecified atom stereocenters. The van der Waals surface area contributed by atoms with E-state index in [0.29, 0.717) is 5.75 Å². The Labute approximate surface area is 186 Å². The van der Waals surface area contributed by atoms with Gasteiger partial charge in [0.05, 0.1) is 4.90 Å². The van der Waals surface area contributed by atoms with Crippen molar-refractivity contribution in [3.05, 3.63) is 54.1 Å². The zero-order valence-electron chi connectivity index (χ0n) is 14.2. The topological polar surface area (TPSA) is 66.4 Å². The fourth-order valence-corrected chi connectivity index (χ4v) is 2.99. The number of para-hydroxylation sites is 1. The van der Waals surface area contributed by atoms with E-state index < -0.39 is 10.1 Å². The van der Waals surface area contributed by atoms with Crippen molar-refractivity contribution in [1.29, 1.82) is 0 Å². The molecule has 0 aliphatic carbocycles. The van der Waals surface area contributed by atoms with Gasteiger partial charge in [0.15, 0.2) is 0 Å². The molecule has 0 amide bonds. The van der Waals surface area contributed by atoms with Crippen LogP contribution < -0.4 is 56.1 Å². The molecule has 0 aliphatic heterocycles. The molecule has 0 bridgehead atoms. The molecule has 4 nitrogen and oxygen atoms in total. The van der Waals surface area contributed by atoms with Crippen molar-refractivity contribution < 1.29 is 69.1 Å². The van der Waals surface area contributed by atoms with Gasteiger partial charge in [-0.1, -0.05) is 50.5 Å². The first kappa shape index (κ1) is 21.8. The van der Waals surface area contributed by atoms with Gasteiger partial charge in [0, 0.05) is 0 Å². The Morgan fingerprint density at radius 2 is 1.75 bits per heavy atom. The standard InChI is InChI=1S/C18H22O4S.K/c1-2-3-4-5-9-15-10-8-11-16(14-15)22-17-12-6-7-13-18(17)23(19,20)21;/h6-8,10-14H,2-5,9H2,1H3,(H,19,20,21);/q;+1/p-1. The van der Waals surface area contributed by atoms with Crippen LogP contribution in [-0.2, 0) is 16.5 Å². The predicted molar refractivity (Wildman–Crippen MR) is 88.8 cm³/mol. The second kappa shape index (κ2) is 10.7. The predicted octanol–water partition coefficient (Wildman–Crippen LogP) is 1.51. The van der Waals surface area contributed by atoms with E-state index in [1.54, 1.807) is 12.1 Å². The zero-order valence-corrected chi connectivity index (χ0v) is 18.1. The minimum atomic E-state index is -4.56. The number of hydrogen-bond donors (Lipinski definition) is 0. The van der Waals surface area contributed by atoms with Gasteiger partial charge >= 0.3 is 51.4 Å². The second-order valence-corrected chi connectivity index (χ2v) is 6.81. The molecular formula is C18H21KO4S. The van der Waals surface area contributed by atoms with Crippen molar-refractivity contribution in [1.82, 2.24) is 0 Å². The number of aryl methyl sites for hydroxylation is 1. The van der Waals surface area contributed by atoms with E-state index in [1.165, 1.54) is 37.5 Å². The van der Waals surface area contributed by atoms with E-state index >= 15 is 0 Å². The molecule has 0 atom stereocenters. The molecular weight excluding hydrogens is 351 g/mol. The third kappa shape index (κ3) is 6.96. The maximum atomic E-state index is 11.3. The summed E-state index contributed by atoms with van der Waals surface area (Å²) in [4.78, 5) is -0.339. The van der Waals surface area contributed by atoms with Gasteiger partial charge in [-0.25, -0.2) is 8.42 Å². The average Bonchev–Trinajstić information content (AvgIpc) is 2.51. The third-order valence-corrected chi connectivity index (χ3v) is 4.44. The van der Waals surface area contributed by atoms with E-state index in [4.69, 9.17) is 4.74 Å². The van der Waals surface area contributed by atoms with E-state index in [1.807, 2.05) is 18.2 Å². The summed E-state index contributed by atoms with van der Waals surface area (Å²) in [6, 6.07) is 13.4. The van der Waals surface area contributed by atoms with Crippen molar-refractivity contribution in [3.8, 4) is 11.5 Å². The number of rotatable bonds is 8. The third-order valence-electron chi connectivity index (χ3n) is 3.56. The molecule has 2 rings (SSSR count). The van der Waals surface area contributed by atoms with Gasteiger partial charge in [0.2, 0.25) is 0 Å². The largest absolute Gasteiger partial charge is 1.00 e. The van der Waals surface area contributed by atoms with Crippen molar-refractivity contribution in [2.24, 2.45) is 0 Å². The Hall–Kier alpha value is -0.214. The van der Waals surface area contributed by atoms with Crippen LogP contribution in [0.1, 0.15) is 38.2 Å². The molecule has 0 heterocycles. The Bertz CT molecular complexity index is 744. The Morgan fingerprint density at radius 3 is 2.46 bits per heavy atom. The second-order valence-electron chi connectivity index (χ2n) is 5.46. The summed E-state index contributed by atoms with van der Waals surface area (Å²) < 4.78 is 39.5. The summed E-state index contributed by atoms with van der Waals surface area (Å²) in [5.74, 6) is 0.597. The van der Waals surface area contributed by atoms with Crippen LogP contribution in [0, 0.1) is 0 Å². The van der Waals surface area contributed by atoms with Crippen molar-refractivity contribution in [2.75, 3.05) is 0 Å². The molecule has 0 saturated heterocycles. The van der Waals surface area contributed by atoms with Gasteiger partial charge < -0.3 is 9.29 Å². The smallest absolute Gasteiger partial charge is 0.744 e. The van der Waals surface area contributed by atoms with Crippen molar-refractivity contribution in [3.63, 3.8) is 0 Å². The normalized spacial score (nSPS) is 10.9. The minimum Gasteiger partial charge on any atom is -0.744 e. The fraction of sp³-hybridized carbons (Fsp3) is 0.333. The quantitative estimate of drug-likeness (QED) is 0.400. The Balaban J connectivity index is 0.00000288. The van der Waals surface area contributed by atoms with Gasteiger partial charge in [-0.3, -0.25) is 0 Å². The molecule has 0 fully saturated rings. The molecule has 0 N–H and O–H groups in total. The summed E-state index contributed by atoms with van der Waals surface area (Å²) in [5, 5.41) is 0. The number of benzene rings is 2. The summed E-state index contributed by atoms with van der Waals surface area (Å²) >= 11 is 0. The van der Waals surface area contributed by atoms with Crippen molar-refractivity contribution >= 4 is 10.1 Å². The first-order valence-electron chi connectivity index (χ1n) is 7.82. The molecule has 0 spiro atoms. The van der Waals surface area contributed by atoms with Gasteiger partial charge in [-0.15, -0.1) is 0 Å². The van der Waals surface area contributed by atoms with E-state index in [-0.39, 0.29) is 62.0 Å². The van der Waals surface area contributed by atoms with Gasteiger partial charge in [-0.05, 0) is 42.7 Å². The van der Waals surface area contributed by atoms with Gasteiger partial charge in [-0.2, -0.15) is 0 Å². The van der Waals surface area contributed by atoms with Crippen LogP contribution in [-0.4, -0.2) is 13.0 Å². The van der Waals surface area contributed by atoms with Crippen LogP contribution in [0.3, 0.4) is 0 Å². The molecule has 2 aromatic rings. The first-order valence-corrected chi connectivity index (χ1v) is 9.23. The van der Waals surface area contributed by atoms with E-state index in [2.05, 4.69) is 6.92 Å². The maximum Gasteiger partial charge on any atom is 1.00 e. The monoisotopic (exact) mass is 372 g/mol. The summed E-state index contributed by atoms with van der Waals surface area (Å²) in [6.45, 7) is 2.18. The molecule has 24 heavy (non-hydrogen) atoms. The molecule has 124 valence electrons. The first-order chi connectivity index (χ1) is 11.0. The minimum absolute atomic E-state index is 0. The van der Waals surface area contributed by atoms with Crippen LogP contribution in [0.15, 0.2) is 53.4 Å². The zero-order chi connectivity index (χ0) is 16.7. The number of ether oxygens (including phenoxy) is 1. The van der Waals surface area contributed by atoms with Crippen LogP contribution in [0.4, 0.5) is 0 Å². The maximum absolute atomic E-state index is 11.3. The SMILES string of the molecule is CCCCCCc1cccc(Oc2ccccc2S(=O)(=O)[O-])c1.[K+]. The molecule has 0 saturated carbocycles. The summed E-state index contributed by atoms with van der Waals surface area (Å²) in [5.41, 5.74) is 1.14. The van der Waals surface area contributed by atoms with E-state index in [0.717, 1.165) is 18.4 Å². The molecule has 0 radical (unpaired) electrons. The van der Waals surface area contributed by atoms with Crippen LogP contribution in [0.2, 0.25) is 0 Å². The molecule has 0 aliphatic rings.